The number of anilines is 1. The molecule has 30 heavy (non-hydrogen) atoms. The lowest BCUT2D eigenvalue weighted by atomic mass is 9.94. The lowest BCUT2D eigenvalue weighted by Gasteiger charge is -2.33. The maximum atomic E-state index is 12.5. The van der Waals surface area contributed by atoms with Gasteiger partial charge in [-0.15, -0.1) is 15.3 Å². The van der Waals surface area contributed by atoms with Gasteiger partial charge >= 0.3 is 0 Å². The van der Waals surface area contributed by atoms with Crippen molar-refractivity contribution in [2.45, 2.75) is 39.2 Å². The molecular formula is C22H28N6O2. The smallest absolute Gasteiger partial charge is 0.223 e. The van der Waals surface area contributed by atoms with E-state index >= 15 is 0 Å². The molecule has 1 fully saturated rings. The first-order chi connectivity index (χ1) is 14.3. The highest BCUT2D eigenvalue weighted by Gasteiger charge is 2.28. The Kier molecular flexibility index (Phi) is 5.32. The van der Waals surface area contributed by atoms with Crippen LogP contribution in [0.25, 0.3) is 17.0 Å². The summed E-state index contributed by atoms with van der Waals surface area (Å²) < 4.78 is 7.00. The van der Waals surface area contributed by atoms with Gasteiger partial charge < -0.3 is 15.0 Å². The second-order valence-corrected chi connectivity index (χ2v) is 8.71. The normalized spacial score (nSPS) is 15.4. The molecule has 0 unspecified atom stereocenters. The summed E-state index contributed by atoms with van der Waals surface area (Å²) in [5.41, 5.74) is 1.42. The molecule has 3 heterocycles. The summed E-state index contributed by atoms with van der Waals surface area (Å²) in [6, 6.07) is 11.6. The predicted octanol–water partition coefficient (Wildman–Crippen LogP) is 2.93. The Hall–Kier alpha value is -3.16. The number of piperidine rings is 1. The van der Waals surface area contributed by atoms with E-state index in [-0.39, 0.29) is 17.4 Å². The highest BCUT2D eigenvalue weighted by atomic mass is 16.5. The Bertz CT molecular complexity index is 1030. The Balaban J connectivity index is 1.51. The molecule has 1 N–H and O–H groups in total. The van der Waals surface area contributed by atoms with E-state index in [1.807, 2.05) is 57.2 Å². The van der Waals surface area contributed by atoms with Crippen molar-refractivity contribution < 1.29 is 9.53 Å². The maximum Gasteiger partial charge on any atom is 0.223 e. The van der Waals surface area contributed by atoms with Crippen LogP contribution in [0.3, 0.4) is 0 Å². The first kappa shape index (κ1) is 20.1. The van der Waals surface area contributed by atoms with E-state index in [0.717, 1.165) is 43.1 Å². The van der Waals surface area contributed by atoms with Crippen molar-refractivity contribution in [1.82, 2.24) is 25.1 Å². The van der Waals surface area contributed by atoms with Gasteiger partial charge in [0, 0.05) is 30.1 Å². The minimum Gasteiger partial charge on any atom is -0.497 e. The summed E-state index contributed by atoms with van der Waals surface area (Å²) in [6.07, 6.45) is 1.63. The molecule has 0 atom stereocenters. The third-order valence-electron chi connectivity index (χ3n) is 5.28. The van der Waals surface area contributed by atoms with Gasteiger partial charge in [-0.1, -0.05) is 0 Å². The lowest BCUT2D eigenvalue weighted by molar-refractivity contribution is -0.127. The monoisotopic (exact) mass is 408 g/mol. The zero-order valence-electron chi connectivity index (χ0n) is 17.9. The fourth-order valence-electron chi connectivity index (χ4n) is 3.71. The molecule has 3 aromatic rings. The van der Waals surface area contributed by atoms with E-state index in [1.54, 1.807) is 11.6 Å². The van der Waals surface area contributed by atoms with Gasteiger partial charge in [0.1, 0.15) is 11.6 Å². The van der Waals surface area contributed by atoms with Gasteiger partial charge in [-0.3, -0.25) is 4.79 Å². The first-order valence-corrected chi connectivity index (χ1v) is 10.3. The number of carbonyl (C=O) groups is 1. The van der Waals surface area contributed by atoms with Crippen molar-refractivity contribution in [1.29, 1.82) is 0 Å². The van der Waals surface area contributed by atoms with Gasteiger partial charge in [-0.05, 0) is 70.0 Å². The molecule has 8 heteroatoms. The van der Waals surface area contributed by atoms with E-state index in [9.17, 15) is 4.79 Å². The average molecular weight is 409 g/mol. The third kappa shape index (κ3) is 4.22. The Morgan fingerprint density at radius 2 is 1.77 bits per heavy atom. The van der Waals surface area contributed by atoms with Crippen LogP contribution in [0.4, 0.5) is 5.82 Å². The van der Waals surface area contributed by atoms with Crippen molar-refractivity contribution in [3.63, 3.8) is 0 Å². The summed E-state index contributed by atoms with van der Waals surface area (Å²) >= 11 is 0. The lowest BCUT2D eigenvalue weighted by Crippen LogP contribution is -2.47. The molecule has 0 radical (unpaired) electrons. The molecule has 0 spiro atoms. The number of aromatic nitrogens is 4. The number of ether oxygens (including phenoxy) is 1. The number of amides is 1. The summed E-state index contributed by atoms with van der Waals surface area (Å²) in [4.78, 5) is 14.7. The van der Waals surface area contributed by atoms with Crippen molar-refractivity contribution in [3.8, 4) is 17.1 Å². The Morgan fingerprint density at radius 3 is 2.40 bits per heavy atom. The highest BCUT2D eigenvalue weighted by molar-refractivity contribution is 5.79. The minimum absolute atomic E-state index is 0.0500. The number of fused-ring (bicyclic) bond motifs is 1. The number of benzene rings is 1. The number of methoxy groups -OCH3 is 1. The Labute approximate surface area is 176 Å². The number of rotatable bonds is 4. The van der Waals surface area contributed by atoms with Gasteiger partial charge in [-0.2, -0.15) is 4.52 Å². The minimum atomic E-state index is -0.201. The molecule has 0 aliphatic carbocycles. The topological polar surface area (TPSA) is 84.7 Å². The van der Waals surface area contributed by atoms with Crippen LogP contribution in [0.1, 0.15) is 33.6 Å². The summed E-state index contributed by atoms with van der Waals surface area (Å²) in [5.74, 6) is 2.54. The molecule has 158 valence electrons. The SMILES string of the molecule is COc1ccc(-c2nnc3ccc(N4CCC(C(=O)NC(C)(C)C)CC4)nn23)cc1. The molecule has 1 aliphatic rings. The molecule has 1 aromatic carbocycles. The van der Waals surface area contributed by atoms with Crippen molar-refractivity contribution in [3.05, 3.63) is 36.4 Å². The Morgan fingerprint density at radius 1 is 1.07 bits per heavy atom. The van der Waals surface area contributed by atoms with Crippen LogP contribution in [-0.2, 0) is 4.79 Å². The molecule has 1 saturated heterocycles. The third-order valence-corrected chi connectivity index (χ3v) is 5.28. The van der Waals surface area contributed by atoms with Crippen molar-refractivity contribution in [2.24, 2.45) is 5.92 Å². The first-order valence-electron chi connectivity index (χ1n) is 10.3. The molecule has 1 amide bonds. The van der Waals surface area contributed by atoms with Crippen LogP contribution < -0.4 is 15.0 Å². The maximum absolute atomic E-state index is 12.5. The molecular weight excluding hydrogens is 380 g/mol. The quantitative estimate of drug-likeness (QED) is 0.715. The van der Waals surface area contributed by atoms with Crippen LogP contribution in [0.2, 0.25) is 0 Å². The number of hydrogen-bond donors (Lipinski definition) is 1. The molecule has 1 aliphatic heterocycles. The predicted molar refractivity (Wildman–Crippen MR) is 116 cm³/mol. The van der Waals surface area contributed by atoms with Crippen LogP contribution in [0, 0.1) is 5.92 Å². The number of nitrogens with one attached hydrogen (secondary N) is 1. The zero-order valence-corrected chi connectivity index (χ0v) is 17.9. The molecule has 2 aromatic heterocycles. The van der Waals surface area contributed by atoms with Gasteiger partial charge in [0.25, 0.3) is 0 Å². The van der Waals surface area contributed by atoms with Crippen molar-refractivity contribution in [2.75, 3.05) is 25.1 Å². The number of hydrogen-bond acceptors (Lipinski definition) is 6. The molecule has 0 bridgehead atoms. The van der Waals surface area contributed by atoms with Crippen LogP contribution in [-0.4, -0.2) is 51.5 Å². The fourth-order valence-corrected chi connectivity index (χ4v) is 3.71. The number of nitrogens with zero attached hydrogens (tertiary/aromatic N) is 5. The fraction of sp³-hybridized carbons (Fsp3) is 0.455. The van der Waals surface area contributed by atoms with E-state index < -0.39 is 0 Å². The summed E-state index contributed by atoms with van der Waals surface area (Å²) in [7, 11) is 1.64. The van der Waals surface area contributed by atoms with Crippen LogP contribution >= 0.6 is 0 Å². The van der Waals surface area contributed by atoms with E-state index in [2.05, 4.69) is 20.4 Å². The largest absolute Gasteiger partial charge is 0.497 e. The molecule has 4 rings (SSSR count). The van der Waals surface area contributed by atoms with Crippen LogP contribution in [0.5, 0.6) is 5.75 Å². The number of carbonyl (C=O) groups excluding carboxylic acids is 1. The van der Waals surface area contributed by atoms with E-state index in [0.29, 0.717) is 11.5 Å². The summed E-state index contributed by atoms with van der Waals surface area (Å²) in [5, 5.41) is 16.4. The van der Waals surface area contributed by atoms with Crippen LogP contribution in [0.15, 0.2) is 36.4 Å². The highest BCUT2D eigenvalue weighted by Crippen LogP contribution is 2.25. The average Bonchev–Trinajstić information content (AvgIpc) is 3.16. The summed E-state index contributed by atoms with van der Waals surface area (Å²) in [6.45, 7) is 7.62. The zero-order chi connectivity index (χ0) is 21.3. The van der Waals surface area contributed by atoms with Crippen molar-refractivity contribution >= 4 is 17.4 Å². The van der Waals surface area contributed by atoms with E-state index in [1.165, 1.54) is 0 Å². The standard InChI is InChI=1S/C22H28N6O2/c1-22(2,3)23-21(29)16-11-13-27(14-12-16)19-10-9-18-24-25-20(28(18)26-19)15-5-7-17(30-4)8-6-15/h5-10,16H,11-14H2,1-4H3,(H,23,29). The second-order valence-electron chi connectivity index (χ2n) is 8.71. The van der Waals surface area contributed by atoms with Gasteiger partial charge in [-0.25, -0.2) is 0 Å². The molecule has 0 saturated carbocycles. The van der Waals surface area contributed by atoms with E-state index in [4.69, 9.17) is 9.84 Å². The molecule has 8 nitrogen and oxygen atoms in total. The van der Waals surface area contributed by atoms with Gasteiger partial charge in [0.05, 0.1) is 7.11 Å². The van der Waals surface area contributed by atoms with Gasteiger partial charge in [0.15, 0.2) is 11.5 Å². The second kappa shape index (κ2) is 7.93. The van der Waals surface area contributed by atoms with Gasteiger partial charge in [0.2, 0.25) is 5.91 Å².